The van der Waals surface area contributed by atoms with Crippen molar-refractivity contribution in [2.75, 3.05) is 18.0 Å². The van der Waals surface area contributed by atoms with Crippen LogP contribution in [0.15, 0.2) is 47.4 Å². The van der Waals surface area contributed by atoms with Crippen molar-refractivity contribution in [3.8, 4) is 0 Å². The second-order valence-electron chi connectivity index (χ2n) is 6.21. The van der Waals surface area contributed by atoms with E-state index in [4.69, 9.17) is 4.74 Å². The molecule has 1 aliphatic heterocycles. The number of halogens is 1. The van der Waals surface area contributed by atoms with Crippen molar-refractivity contribution in [1.82, 2.24) is 4.72 Å². The van der Waals surface area contributed by atoms with E-state index >= 15 is 0 Å². The van der Waals surface area contributed by atoms with Gasteiger partial charge in [0.1, 0.15) is 11.9 Å². The molecule has 138 valence electrons. The minimum atomic E-state index is -3.72. The molecule has 1 atom stereocenters. The number of sulfonamides is 1. The number of anilines is 1. The number of rotatable bonds is 5. The molecule has 1 amide bonds. The third-order valence-corrected chi connectivity index (χ3v) is 5.71. The highest BCUT2D eigenvalue weighted by molar-refractivity contribution is 7.89. The van der Waals surface area contributed by atoms with Crippen LogP contribution in [0.1, 0.15) is 11.1 Å². The van der Waals surface area contributed by atoms with Gasteiger partial charge in [0.25, 0.3) is 0 Å². The number of benzene rings is 2. The molecule has 0 bridgehead atoms. The molecule has 6 nitrogen and oxygen atoms in total. The van der Waals surface area contributed by atoms with Gasteiger partial charge in [-0.25, -0.2) is 22.3 Å². The molecular formula is C18H19FN2O4S. The van der Waals surface area contributed by atoms with Gasteiger partial charge in [-0.15, -0.1) is 0 Å². The molecule has 3 rings (SSSR count). The van der Waals surface area contributed by atoms with Crippen LogP contribution in [-0.2, 0) is 14.8 Å². The third-order valence-electron chi connectivity index (χ3n) is 4.15. The van der Waals surface area contributed by atoms with Gasteiger partial charge in [0.15, 0.2) is 0 Å². The van der Waals surface area contributed by atoms with E-state index in [2.05, 4.69) is 4.72 Å². The lowest BCUT2D eigenvalue weighted by Gasteiger charge is -2.14. The van der Waals surface area contributed by atoms with Crippen LogP contribution in [0.25, 0.3) is 0 Å². The summed E-state index contributed by atoms with van der Waals surface area (Å²) in [6.45, 7) is 3.68. The molecular weight excluding hydrogens is 359 g/mol. The van der Waals surface area contributed by atoms with Gasteiger partial charge in [0.05, 0.1) is 11.4 Å². The van der Waals surface area contributed by atoms with Gasteiger partial charge in [-0.05, 0) is 55.3 Å². The van der Waals surface area contributed by atoms with Crippen molar-refractivity contribution in [2.45, 2.75) is 24.8 Å². The van der Waals surface area contributed by atoms with E-state index in [-0.39, 0.29) is 18.0 Å². The number of aryl methyl sites for hydroxylation is 2. The molecule has 1 saturated heterocycles. The molecule has 8 heteroatoms. The minimum absolute atomic E-state index is 0.0425. The maximum atomic E-state index is 13.0. The lowest BCUT2D eigenvalue weighted by molar-refractivity contribution is 0.143. The zero-order valence-corrected chi connectivity index (χ0v) is 15.2. The predicted molar refractivity (Wildman–Crippen MR) is 95.1 cm³/mol. The summed E-state index contributed by atoms with van der Waals surface area (Å²) >= 11 is 0. The Morgan fingerprint density at radius 3 is 2.58 bits per heavy atom. The number of ether oxygens (including phenoxy) is 1. The highest BCUT2D eigenvalue weighted by Crippen LogP contribution is 2.22. The molecule has 1 heterocycles. The Labute approximate surface area is 151 Å². The number of cyclic esters (lactones) is 1. The fraction of sp³-hybridized carbons (Fsp3) is 0.278. The normalized spacial score (nSPS) is 17.4. The van der Waals surface area contributed by atoms with E-state index in [0.29, 0.717) is 11.3 Å². The Morgan fingerprint density at radius 1 is 1.19 bits per heavy atom. The highest BCUT2D eigenvalue weighted by atomic mass is 32.2. The van der Waals surface area contributed by atoms with Gasteiger partial charge in [-0.1, -0.05) is 12.1 Å². The molecule has 1 aliphatic rings. The summed E-state index contributed by atoms with van der Waals surface area (Å²) < 4.78 is 45.8. The van der Waals surface area contributed by atoms with E-state index in [1.165, 1.54) is 29.2 Å². The average molecular weight is 378 g/mol. The molecule has 26 heavy (non-hydrogen) atoms. The fourth-order valence-electron chi connectivity index (χ4n) is 2.74. The monoisotopic (exact) mass is 378 g/mol. The number of carbonyl (C=O) groups excluding carboxylic acids is 1. The molecule has 2 aromatic rings. The van der Waals surface area contributed by atoms with Gasteiger partial charge in [0, 0.05) is 12.2 Å². The Kier molecular flexibility index (Phi) is 4.97. The van der Waals surface area contributed by atoms with Crippen molar-refractivity contribution >= 4 is 21.8 Å². The first-order chi connectivity index (χ1) is 12.3. The number of nitrogens with zero attached hydrogens (tertiary/aromatic N) is 1. The van der Waals surface area contributed by atoms with Crippen LogP contribution >= 0.6 is 0 Å². The zero-order chi connectivity index (χ0) is 18.9. The molecule has 1 unspecified atom stereocenters. The topological polar surface area (TPSA) is 75.7 Å². The molecule has 0 radical (unpaired) electrons. The first kappa shape index (κ1) is 18.3. The summed E-state index contributed by atoms with van der Waals surface area (Å²) in [5, 5.41) is 0. The quantitative estimate of drug-likeness (QED) is 0.868. The van der Waals surface area contributed by atoms with Crippen molar-refractivity contribution in [3.05, 3.63) is 59.4 Å². The van der Waals surface area contributed by atoms with Crippen LogP contribution in [-0.4, -0.2) is 33.7 Å². The van der Waals surface area contributed by atoms with E-state index in [9.17, 15) is 17.6 Å². The van der Waals surface area contributed by atoms with Gasteiger partial charge >= 0.3 is 6.09 Å². The Balaban J connectivity index is 1.68. The van der Waals surface area contributed by atoms with Crippen LogP contribution in [0.3, 0.4) is 0 Å². The molecule has 1 fully saturated rings. The number of hydrogen-bond acceptors (Lipinski definition) is 4. The van der Waals surface area contributed by atoms with E-state index in [1.807, 2.05) is 13.0 Å². The molecule has 2 aromatic carbocycles. The Hall–Kier alpha value is -2.45. The van der Waals surface area contributed by atoms with Gasteiger partial charge in [0.2, 0.25) is 10.0 Å². The predicted octanol–water partition coefficient (Wildman–Crippen LogP) is 2.75. The molecule has 0 aromatic heterocycles. The summed E-state index contributed by atoms with van der Waals surface area (Å²) in [5.41, 5.74) is 1.97. The first-order valence-electron chi connectivity index (χ1n) is 8.07. The lowest BCUT2D eigenvalue weighted by Crippen LogP contribution is -2.35. The second-order valence-corrected chi connectivity index (χ2v) is 7.95. The van der Waals surface area contributed by atoms with E-state index in [0.717, 1.165) is 5.56 Å². The number of amides is 1. The number of hydrogen-bond donors (Lipinski definition) is 1. The van der Waals surface area contributed by atoms with Crippen molar-refractivity contribution < 1.29 is 22.3 Å². The maximum Gasteiger partial charge on any atom is 0.414 e. The highest BCUT2D eigenvalue weighted by Gasteiger charge is 2.33. The van der Waals surface area contributed by atoms with E-state index in [1.54, 1.807) is 19.1 Å². The van der Waals surface area contributed by atoms with Crippen molar-refractivity contribution in [1.29, 1.82) is 0 Å². The average Bonchev–Trinajstić information content (AvgIpc) is 2.97. The number of carbonyl (C=O) groups is 1. The molecule has 0 aliphatic carbocycles. The van der Waals surface area contributed by atoms with Crippen LogP contribution < -0.4 is 9.62 Å². The van der Waals surface area contributed by atoms with Gasteiger partial charge in [-0.2, -0.15) is 0 Å². The first-order valence-corrected chi connectivity index (χ1v) is 9.55. The Bertz CT molecular complexity index is 929. The molecule has 1 N–H and O–H groups in total. The van der Waals surface area contributed by atoms with Crippen LogP contribution in [0.5, 0.6) is 0 Å². The summed E-state index contributed by atoms with van der Waals surface area (Å²) in [4.78, 5) is 13.5. The third kappa shape index (κ3) is 3.86. The van der Waals surface area contributed by atoms with E-state index < -0.39 is 28.0 Å². The Morgan fingerprint density at radius 2 is 1.88 bits per heavy atom. The van der Waals surface area contributed by atoms with Crippen LogP contribution in [0.2, 0.25) is 0 Å². The summed E-state index contributed by atoms with van der Waals surface area (Å²) in [6, 6.07) is 10.6. The maximum absolute atomic E-state index is 13.0. The smallest absolute Gasteiger partial charge is 0.414 e. The van der Waals surface area contributed by atoms with Crippen molar-refractivity contribution in [3.63, 3.8) is 0 Å². The standard InChI is InChI=1S/C18H19FN2O4S/c1-12-3-4-13(2)17(9-12)26(23,24)20-10-16-11-21(18(22)25-16)15-7-5-14(19)6-8-15/h3-9,16,20H,10-11H2,1-2H3. The minimum Gasteiger partial charge on any atom is -0.443 e. The fourth-order valence-corrected chi connectivity index (χ4v) is 4.13. The van der Waals surface area contributed by atoms with Gasteiger partial charge in [-0.3, -0.25) is 4.90 Å². The molecule has 0 spiro atoms. The van der Waals surface area contributed by atoms with Crippen LogP contribution in [0, 0.1) is 19.7 Å². The number of nitrogens with one attached hydrogen (secondary N) is 1. The largest absolute Gasteiger partial charge is 0.443 e. The lowest BCUT2D eigenvalue weighted by atomic mass is 10.2. The SMILES string of the molecule is Cc1ccc(C)c(S(=O)(=O)NCC2CN(c3ccc(F)cc3)C(=O)O2)c1. The van der Waals surface area contributed by atoms with Crippen molar-refractivity contribution in [2.24, 2.45) is 0 Å². The zero-order valence-electron chi connectivity index (χ0n) is 14.4. The van der Waals surface area contributed by atoms with Gasteiger partial charge < -0.3 is 4.74 Å². The summed E-state index contributed by atoms with van der Waals surface area (Å²) in [5.74, 6) is -0.404. The van der Waals surface area contributed by atoms with Crippen LogP contribution in [0.4, 0.5) is 14.9 Å². The second kappa shape index (κ2) is 7.05. The summed E-state index contributed by atoms with van der Waals surface area (Å²) in [6.07, 6.45) is -1.22. The molecule has 0 saturated carbocycles. The summed E-state index contributed by atoms with van der Waals surface area (Å²) in [7, 11) is -3.72.